The molecule has 0 radical (unpaired) electrons. The topological polar surface area (TPSA) is 21.3 Å². The predicted molar refractivity (Wildman–Crippen MR) is 80.3 cm³/mol. The Morgan fingerprint density at radius 3 is 2.42 bits per heavy atom. The average Bonchev–Trinajstić information content (AvgIpc) is 2.76. The molecule has 0 unspecified atom stereocenters. The van der Waals surface area contributed by atoms with Gasteiger partial charge in [0.15, 0.2) is 0 Å². The Balaban J connectivity index is 1.99. The van der Waals surface area contributed by atoms with Crippen LogP contribution in [0.1, 0.15) is 33.3 Å². The lowest BCUT2D eigenvalue weighted by atomic mass is 10.0. The van der Waals surface area contributed by atoms with Crippen LogP contribution in [0.5, 0.6) is 5.75 Å². The summed E-state index contributed by atoms with van der Waals surface area (Å²) < 4.78 is 5.68. The maximum atomic E-state index is 5.68. The third-order valence-electron chi connectivity index (χ3n) is 4.85. The van der Waals surface area contributed by atoms with Crippen LogP contribution in [-0.2, 0) is 6.54 Å². The summed E-state index contributed by atoms with van der Waals surface area (Å²) >= 11 is 0. The van der Waals surface area contributed by atoms with E-state index in [2.05, 4.69) is 51.7 Å². The first-order chi connectivity index (χ1) is 8.91. The second-order valence-electron chi connectivity index (χ2n) is 6.46. The summed E-state index contributed by atoms with van der Waals surface area (Å²) in [5, 5.41) is 3.66. The molecule has 19 heavy (non-hydrogen) atoms. The van der Waals surface area contributed by atoms with Crippen LogP contribution in [0.15, 0.2) is 36.9 Å². The fourth-order valence-electron chi connectivity index (χ4n) is 2.86. The Labute approximate surface area is 116 Å². The van der Waals surface area contributed by atoms with Crippen molar-refractivity contribution in [3.05, 3.63) is 42.5 Å². The summed E-state index contributed by atoms with van der Waals surface area (Å²) in [6.07, 6.45) is 1.78. The number of rotatable bonds is 6. The zero-order chi connectivity index (χ0) is 14.1. The first-order valence-electron chi connectivity index (χ1n) is 6.96. The van der Waals surface area contributed by atoms with Crippen molar-refractivity contribution in [3.63, 3.8) is 0 Å². The monoisotopic (exact) mass is 259 g/mol. The van der Waals surface area contributed by atoms with Gasteiger partial charge in [-0.25, -0.2) is 0 Å². The normalized spacial score (nSPS) is 20.0. The molecule has 1 aliphatic carbocycles. The lowest BCUT2D eigenvalue weighted by Crippen LogP contribution is -2.22. The molecular formula is C17H25NO. The quantitative estimate of drug-likeness (QED) is 0.785. The van der Waals surface area contributed by atoms with Crippen LogP contribution in [0.25, 0.3) is 0 Å². The van der Waals surface area contributed by atoms with E-state index in [1.165, 1.54) is 5.56 Å². The predicted octanol–water partition coefficient (Wildman–Crippen LogP) is 3.78. The SMILES string of the molecule is C=CCOc1ccccc1CNC1C(C)(C)C1(C)C. The van der Waals surface area contributed by atoms with Gasteiger partial charge in [0.2, 0.25) is 0 Å². The van der Waals surface area contributed by atoms with E-state index < -0.39 is 0 Å². The van der Waals surface area contributed by atoms with Gasteiger partial charge in [-0.3, -0.25) is 0 Å². The summed E-state index contributed by atoms with van der Waals surface area (Å²) in [5.74, 6) is 0.950. The van der Waals surface area contributed by atoms with E-state index in [9.17, 15) is 0 Å². The van der Waals surface area contributed by atoms with Gasteiger partial charge in [0.25, 0.3) is 0 Å². The maximum Gasteiger partial charge on any atom is 0.124 e. The number of ether oxygens (including phenoxy) is 1. The van der Waals surface area contributed by atoms with Crippen LogP contribution in [0.3, 0.4) is 0 Å². The fraction of sp³-hybridized carbons (Fsp3) is 0.529. The molecule has 1 aromatic rings. The molecule has 2 rings (SSSR count). The van der Waals surface area contributed by atoms with Gasteiger partial charge in [0, 0.05) is 18.2 Å². The van der Waals surface area contributed by atoms with Crippen LogP contribution in [0.2, 0.25) is 0 Å². The first kappa shape index (κ1) is 14.1. The second-order valence-corrected chi connectivity index (χ2v) is 6.46. The summed E-state index contributed by atoms with van der Waals surface area (Å²) in [6, 6.07) is 8.76. The minimum absolute atomic E-state index is 0.365. The molecule has 1 fully saturated rings. The molecule has 0 saturated heterocycles. The van der Waals surface area contributed by atoms with Crippen molar-refractivity contribution in [3.8, 4) is 5.75 Å². The molecule has 0 bridgehead atoms. The zero-order valence-electron chi connectivity index (χ0n) is 12.5. The highest BCUT2D eigenvalue weighted by Crippen LogP contribution is 2.62. The van der Waals surface area contributed by atoms with Crippen LogP contribution in [0, 0.1) is 10.8 Å². The standard InChI is InChI=1S/C17H25NO/c1-6-11-19-14-10-8-7-9-13(14)12-18-15-16(2,3)17(15,4)5/h6-10,15,18H,1,11-12H2,2-5H3. The van der Waals surface area contributed by atoms with Crippen molar-refractivity contribution in [2.45, 2.75) is 40.3 Å². The highest BCUT2D eigenvalue weighted by Gasteiger charge is 2.64. The molecule has 1 aromatic carbocycles. The summed E-state index contributed by atoms with van der Waals surface area (Å²) in [4.78, 5) is 0. The second kappa shape index (κ2) is 5.01. The molecule has 0 aliphatic heterocycles. The van der Waals surface area contributed by atoms with E-state index in [1.54, 1.807) is 6.08 Å². The number of benzene rings is 1. The number of nitrogens with one attached hydrogen (secondary N) is 1. The lowest BCUT2D eigenvalue weighted by molar-refractivity contribution is 0.357. The highest BCUT2D eigenvalue weighted by molar-refractivity contribution is 5.34. The molecule has 1 N–H and O–H groups in total. The molecule has 0 heterocycles. The molecule has 2 heteroatoms. The smallest absolute Gasteiger partial charge is 0.124 e. The van der Waals surface area contributed by atoms with E-state index in [0.717, 1.165) is 12.3 Å². The summed E-state index contributed by atoms with van der Waals surface area (Å²) in [6.45, 7) is 14.4. The lowest BCUT2D eigenvalue weighted by Gasteiger charge is -2.12. The van der Waals surface area contributed by atoms with Gasteiger partial charge in [0.1, 0.15) is 12.4 Å². The van der Waals surface area contributed by atoms with E-state index in [1.807, 2.05) is 12.1 Å². The van der Waals surface area contributed by atoms with E-state index in [4.69, 9.17) is 4.74 Å². The number of hydrogen-bond donors (Lipinski definition) is 1. The van der Waals surface area contributed by atoms with Crippen molar-refractivity contribution in [2.24, 2.45) is 10.8 Å². The maximum absolute atomic E-state index is 5.68. The minimum atomic E-state index is 0.365. The third kappa shape index (κ3) is 2.55. The van der Waals surface area contributed by atoms with E-state index >= 15 is 0 Å². The molecule has 1 aliphatic rings. The minimum Gasteiger partial charge on any atom is -0.489 e. The number of hydrogen-bond acceptors (Lipinski definition) is 2. The van der Waals surface area contributed by atoms with Crippen molar-refractivity contribution in [1.82, 2.24) is 5.32 Å². The Kier molecular flexibility index (Phi) is 3.73. The van der Waals surface area contributed by atoms with Crippen LogP contribution in [-0.4, -0.2) is 12.6 Å². The van der Waals surface area contributed by atoms with Gasteiger partial charge < -0.3 is 10.1 Å². The van der Waals surface area contributed by atoms with E-state index in [0.29, 0.717) is 23.5 Å². The molecule has 0 amide bonds. The van der Waals surface area contributed by atoms with Gasteiger partial charge >= 0.3 is 0 Å². The third-order valence-corrected chi connectivity index (χ3v) is 4.85. The Hall–Kier alpha value is -1.28. The Morgan fingerprint density at radius 1 is 1.21 bits per heavy atom. The largest absolute Gasteiger partial charge is 0.489 e. The van der Waals surface area contributed by atoms with E-state index in [-0.39, 0.29) is 0 Å². The molecule has 0 atom stereocenters. The van der Waals surface area contributed by atoms with Gasteiger partial charge in [-0.2, -0.15) is 0 Å². The van der Waals surface area contributed by atoms with Crippen molar-refractivity contribution in [1.29, 1.82) is 0 Å². The van der Waals surface area contributed by atoms with Crippen molar-refractivity contribution < 1.29 is 4.74 Å². The summed E-state index contributed by atoms with van der Waals surface area (Å²) in [5.41, 5.74) is 1.94. The fourth-order valence-corrected chi connectivity index (χ4v) is 2.86. The first-order valence-corrected chi connectivity index (χ1v) is 6.96. The Morgan fingerprint density at radius 2 is 1.84 bits per heavy atom. The molecule has 104 valence electrons. The molecule has 0 aromatic heterocycles. The average molecular weight is 259 g/mol. The van der Waals surface area contributed by atoms with Crippen molar-refractivity contribution >= 4 is 0 Å². The van der Waals surface area contributed by atoms with Gasteiger partial charge in [-0.1, -0.05) is 58.5 Å². The van der Waals surface area contributed by atoms with Crippen molar-refractivity contribution in [2.75, 3.05) is 6.61 Å². The highest BCUT2D eigenvalue weighted by atomic mass is 16.5. The van der Waals surface area contributed by atoms with Crippen LogP contribution in [0.4, 0.5) is 0 Å². The van der Waals surface area contributed by atoms with Gasteiger partial charge in [-0.15, -0.1) is 0 Å². The number of para-hydroxylation sites is 1. The van der Waals surface area contributed by atoms with Crippen LogP contribution < -0.4 is 10.1 Å². The zero-order valence-corrected chi connectivity index (χ0v) is 12.5. The van der Waals surface area contributed by atoms with Gasteiger partial charge in [-0.05, 0) is 16.9 Å². The summed E-state index contributed by atoms with van der Waals surface area (Å²) in [7, 11) is 0. The molecule has 0 spiro atoms. The van der Waals surface area contributed by atoms with Crippen LogP contribution >= 0.6 is 0 Å². The Bertz CT molecular complexity index is 448. The van der Waals surface area contributed by atoms with Gasteiger partial charge in [0.05, 0.1) is 0 Å². The molecule has 2 nitrogen and oxygen atoms in total. The molecule has 1 saturated carbocycles. The molecular weight excluding hydrogens is 234 g/mol.